The second kappa shape index (κ2) is 8.12. The normalized spacial score (nSPS) is 11.4. The van der Waals surface area contributed by atoms with E-state index in [9.17, 15) is 9.90 Å². The molecule has 0 aliphatic heterocycles. The lowest BCUT2D eigenvalue weighted by molar-refractivity contribution is 0.181. The van der Waals surface area contributed by atoms with Gasteiger partial charge in [0.25, 0.3) is 5.56 Å². The molecule has 1 aromatic carbocycles. The first-order chi connectivity index (χ1) is 13.7. The van der Waals surface area contributed by atoms with Gasteiger partial charge in [0.2, 0.25) is 0 Å². The molecule has 0 amide bonds. The third-order valence-corrected chi connectivity index (χ3v) is 4.41. The summed E-state index contributed by atoms with van der Waals surface area (Å²) in [7, 11) is 0. The molecule has 0 aliphatic rings. The van der Waals surface area contributed by atoms with Gasteiger partial charge in [-0.25, -0.2) is 9.67 Å². The number of fused-ring (bicyclic) bond motifs is 1. The molecule has 8 heteroatoms. The number of para-hydroxylation sites is 1. The van der Waals surface area contributed by atoms with Gasteiger partial charge in [-0.3, -0.25) is 14.7 Å². The summed E-state index contributed by atoms with van der Waals surface area (Å²) in [5.41, 5.74) is 2.14. The van der Waals surface area contributed by atoms with E-state index in [-0.39, 0.29) is 12.2 Å². The average Bonchev–Trinajstić information content (AvgIpc) is 3.14. The Balaban J connectivity index is 1.67. The standard InChI is InChI=1S/C20H20N6O2/c27-10-9-25(13-15-5-4-8-21-11-15)14-18-23-19-17(20(28)24-18)12-22-26(19)16-6-2-1-3-7-16/h1-8,11-12,27H,9-10,13-14H2,(H,23,24,28). The van der Waals surface area contributed by atoms with E-state index in [1.54, 1.807) is 17.1 Å². The van der Waals surface area contributed by atoms with Gasteiger partial charge in [-0.05, 0) is 23.8 Å². The minimum atomic E-state index is -0.229. The van der Waals surface area contributed by atoms with Crippen molar-refractivity contribution >= 4 is 11.0 Å². The lowest BCUT2D eigenvalue weighted by Crippen LogP contribution is -2.28. The molecule has 0 aliphatic carbocycles. The quantitative estimate of drug-likeness (QED) is 0.507. The summed E-state index contributed by atoms with van der Waals surface area (Å²) in [6.07, 6.45) is 5.03. The van der Waals surface area contributed by atoms with E-state index >= 15 is 0 Å². The molecule has 0 spiro atoms. The summed E-state index contributed by atoms with van der Waals surface area (Å²) in [5, 5.41) is 14.2. The number of aliphatic hydroxyl groups is 1. The van der Waals surface area contributed by atoms with Gasteiger partial charge in [0.15, 0.2) is 5.65 Å². The molecule has 142 valence electrons. The monoisotopic (exact) mass is 376 g/mol. The van der Waals surface area contributed by atoms with E-state index in [1.165, 1.54) is 6.20 Å². The van der Waals surface area contributed by atoms with Crippen molar-refractivity contribution in [1.82, 2.24) is 29.6 Å². The van der Waals surface area contributed by atoms with E-state index in [0.29, 0.717) is 36.5 Å². The minimum Gasteiger partial charge on any atom is -0.395 e. The van der Waals surface area contributed by atoms with Crippen molar-refractivity contribution in [3.05, 3.63) is 82.8 Å². The zero-order chi connectivity index (χ0) is 19.3. The summed E-state index contributed by atoms with van der Waals surface area (Å²) in [5.74, 6) is 0.521. The number of H-pyrrole nitrogens is 1. The molecule has 8 nitrogen and oxygen atoms in total. The van der Waals surface area contributed by atoms with E-state index < -0.39 is 0 Å². The minimum absolute atomic E-state index is 0.00862. The SMILES string of the molecule is O=c1[nH]c(CN(CCO)Cc2cccnc2)nc2c1cnn2-c1ccccc1. The van der Waals surface area contributed by atoms with Crippen molar-refractivity contribution in [3.8, 4) is 5.69 Å². The highest BCUT2D eigenvalue weighted by molar-refractivity contribution is 5.75. The van der Waals surface area contributed by atoms with Crippen molar-refractivity contribution in [2.24, 2.45) is 0 Å². The van der Waals surface area contributed by atoms with Crippen LogP contribution in [0, 0.1) is 0 Å². The van der Waals surface area contributed by atoms with Crippen LogP contribution in [0.1, 0.15) is 11.4 Å². The van der Waals surface area contributed by atoms with Gasteiger partial charge in [-0.2, -0.15) is 5.10 Å². The number of nitrogens with one attached hydrogen (secondary N) is 1. The number of rotatable bonds is 7. The predicted molar refractivity (Wildman–Crippen MR) is 105 cm³/mol. The van der Waals surface area contributed by atoms with Crippen LogP contribution >= 0.6 is 0 Å². The molecule has 0 radical (unpaired) electrons. The lowest BCUT2D eigenvalue weighted by atomic mass is 10.2. The lowest BCUT2D eigenvalue weighted by Gasteiger charge is -2.20. The van der Waals surface area contributed by atoms with Crippen LogP contribution in [0.15, 0.2) is 65.8 Å². The first-order valence-electron chi connectivity index (χ1n) is 8.99. The van der Waals surface area contributed by atoms with E-state index in [0.717, 1.165) is 11.3 Å². The Labute approximate surface area is 161 Å². The van der Waals surface area contributed by atoms with E-state index in [2.05, 4.69) is 20.1 Å². The molecule has 2 N–H and O–H groups in total. The summed E-state index contributed by atoms with van der Waals surface area (Å²) in [6, 6.07) is 13.4. The van der Waals surface area contributed by atoms with Crippen molar-refractivity contribution in [1.29, 1.82) is 0 Å². The number of nitrogens with zero attached hydrogens (tertiary/aromatic N) is 5. The van der Waals surface area contributed by atoms with Crippen LogP contribution in [-0.4, -0.2) is 47.9 Å². The second-order valence-electron chi connectivity index (χ2n) is 6.44. The van der Waals surface area contributed by atoms with Crippen LogP contribution in [0.3, 0.4) is 0 Å². The molecule has 0 bridgehead atoms. The number of hydrogen-bond acceptors (Lipinski definition) is 6. The molecular formula is C20H20N6O2. The first-order valence-corrected chi connectivity index (χ1v) is 8.99. The summed E-state index contributed by atoms with van der Waals surface area (Å²) in [4.78, 5) is 26.1. The van der Waals surface area contributed by atoms with Gasteiger partial charge in [-0.15, -0.1) is 0 Å². The van der Waals surface area contributed by atoms with Crippen molar-refractivity contribution in [3.63, 3.8) is 0 Å². The predicted octanol–water partition coefficient (Wildman–Crippen LogP) is 1.50. The van der Waals surface area contributed by atoms with Gasteiger partial charge < -0.3 is 10.1 Å². The Kier molecular flexibility index (Phi) is 5.22. The maximum atomic E-state index is 12.5. The highest BCUT2D eigenvalue weighted by atomic mass is 16.3. The fourth-order valence-corrected chi connectivity index (χ4v) is 3.11. The molecule has 3 aromatic heterocycles. The van der Waals surface area contributed by atoms with Gasteiger partial charge >= 0.3 is 0 Å². The molecule has 0 saturated heterocycles. The van der Waals surface area contributed by atoms with Crippen molar-refractivity contribution in [2.75, 3.05) is 13.2 Å². The summed E-state index contributed by atoms with van der Waals surface area (Å²) < 4.78 is 1.66. The zero-order valence-electron chi connectivity index (χ0n) is 15.2. The smallest absolute Gasteiger partial charge is 0.262 e. The van der Waals surface area contributed by atoms with E-state index in [1.807, 2.05) is 47.4 Å². The maximum Gasteiger partial charge on any atom is 0.262 e. The largest absolute Gasteiger partial charge is 0.395 e. The Hall–Kier alpha value is -3.36. The Morgan fingerprint density at radius 2 is 1.93 bits per heavy atom. The number of pyridine rings is 1. The van der Waals surface area contributed by atoms with Crippen LogP contribution in [0.25, 0.3) is 16.7 Å². The first kappa shape index (κ1) is 18.0. The van der Waals surface area contributed by atoms with E-state index in [4.69, 9.17) is 0 Å². The summed E-state index contributed by atoms with van der Waals surface area (Å²) >= 11 is 0. The molecule has 28 heavy (non-hydrogen) atoms. The number of benzene rings is 1. The van der Waals surface area contributed by atoms with Crippen LogP contribution in [0.4, 0.5) is 0 Å². The average molecular weight is 376 g/mol. The topological polar surface area (TPSA) is 99.9 Å². The van der Waals surface area contributed by atoms with Crippen LogP contribution in [-0.2, 0) is 13.1 Å². The van der Waals surface area contributed by atoms with Gasteiger partial charge in [-0.1, -0.05) is 24.3 Å². The Bertz CT molecular complexity index is 1110. The molecular weight excluding hydrogens is 356 g/mol. The molecule has 0 fully saturated rings. The van der Waals surface area contributed by atoms with Crippen LogP contribution in [0.5, 0.6) is 0 Å². The molecule has 4 aromatic rings. The number of hydrogen-bond donors (Lipinski definition) is 2. The van der Waals surface area contributed by atoms with Gasteiger partial charge in [0.1, 0.15) is 11.2 Å². The Morgan fingerprint density at radius 1 is 1.07 bits per heavy atom. The molecule has 0 unspecified atom stereocenters. The fraction of sp³-hybridized carbons (Fsp3) is 0.200. The Morgan fingerprint density at radius 3 is 2.68 bits per heavy atom. The van der Waals surface area contributed by atoms with Gasteiger partial charge in [0, 0.05) is 25.5 Å². The third kappa shape index (κ3) is 3.83. The maximum absolute atomic E-state index is 12.5. The van der Waals surface area contributed by atoms with Crippen molar-refractivity contribution < 1.29 is 5.11 Å². The molecule has 0 atom stereocenters. The number of aromatic amines is 1. The van der Waals surface area contributed by atoms with Gasteiger partial charge in [0.05, 0.1) is 25.0 Å². The zero-order valence-corrected chi connectivity index (χ0v) is 15.2. The highest BCUT2D eigenvalue weighted by Gasteiger charge is 2.14. The summed E-state index contributed by atoms with van der Waals surface area (Å²) in [6.45, 7) is 1.44. The highest BCUT2D eigenvalue weighted by Crippen LogP contribution is 2.14. The molecule has 4 rings (SSSR count). The molecule has 3 heterocycles. The number of aromatic nitrogens is 5. The van der Waals surface area contributed by atoms with Crippen LogP contribution in [0.2, 0.25) is 0 Å². The fourth-order valence-electron chi connectivity index (χ4n) is 3.11. The molecule has 0 saturated carbocycles. The second-order valence-corrected chi connectivity index (χ2v) is 6.44. The van der Waals surface area contributed by atoms with Crippen molar-refractivity contribution in [2.45, 2.75) is 13.1 Å². The van der Waals surface area contributed by atoms with Crippen LogP contribution < -0.4 is 5.56 Å². The third-order valence-electron chi connectivity index (χ3n) is 4.41. The number of aliphatic hydroxyl groups excluding tert-OH is 1.